The van der Waals surface area contributed by atoms with Crippen LogP contribution in [0.25, 0.3) is 0 Å². The van der Waals surface area contributed by atoms with Crippen molar-refractivity contribution in [3.63, 3.8) is 0 Å². The molecule has 0 fully saturated rings. The summed E-state index contributed by atoms with van der Waals surface area (Å²) in [6.45, 7) is 0. The van der Waals surface area contributed by atoms with Gasteiger partial charge in [0.15, 0.2) is 0 Å². The average Bonchev–Trinajstić information content (AvgIpc) is 2.77. The van der Waals surface area contributed by atoms with Crippen molar-refractivity contribution in [2.24, 2.45) is 0 Å². The highest BCUT2D eigenvalue weighted by atomic mass is 15.1. The summed E-state index contributed by atoms with van der Waals surface area (Å²) in [5.41, 5.74) is 6.49. The van der Waals surface area contributed by atoms with Gasteiger partial charge in [0.2, 0.25) is 0 Å². The van der Waals surface area contributed by atoms with E-state index in [-0.39, 0.29) is 0 Å². The Morgan fingerprint density at radius 1 is 1.00 bits per heavy atom. The fraction of sp³-hybridized carbons (Fsp3) is 0.571. The molecule has 1 unspecified atom stereocenters. The Kier molecular flexibility index (Phi) is 2.10. The predicted octanol–water partition coefficient (Wildman–Crippen LogP) is 2.72. The topological polar surface area (TPSA) is 3.24 Å². The second-order valence-corrected chi connectivity index (χ2v) is 5.19. The van der Waals surface area contributed by atoms with E-state index in [2.05, 4.69) is 31.1 Å². The van der Waals surface area contributed by atoms with Crippen LogP contribution in [0.5, 0.6) is 0 Å². The van der Waals surface area contributed by atoms with Gasteiger partial charge in [-0.05, 0) is 68.5 Å². The molecule has 1 aromatic rings. The van der Waals surface area contributed by atoms with Crippen LogP contribution in [0.1, 0.15) is 41.1 Å². The fourth-order valence-corrected chi connectivity index (χ4v) is 3.20. The number of nitrogens with zero attached hydrogens (tertiary/aromatic N) is 1. The van der Waals surface area contributed by atoms with Gasteiger partial charge in [0, 0.05) is 6.04 Å². The molecule has 0 spiro atoms. The quantitative estimate of drug-likeness (QED) is 0.675. The lowest BCUT2D eigenvalue weighted by atomic mass is 10.0. The first-order valence-electron chi connectivity index (χ1n) is 6.06. The van der Waals surface area contributed by atoms with Crippen molar-refractivity contribution >= 4 is 0 Å². The second-order valence-electron chi connectivity index (χ2n) is 5.19. The van der Waals surface area contributed by atoms with Crippen LogP contribution < -0.4 is 0 Å². The van der Waals surface area contributed by atoms with Crippen molar-refractivity contribution in [2.75, 3.05) is 14.1 Å². The lowest BCUT2D eigenvalue weighted by molar-refractivity contribution is 0.299. The molecule has 0 amide bonds. The zero-order valence-corrected chi connectivity index (χ0v) is 9.71. The van der Waals surface area contributed by atoms with Crippen LogP contribution in [-0.4, -0.2) is 19.0 Å². The van der Waals surface area contributed by atoms with Gasteiger partial charge in [0.05, 0.1) is 0 Å². The Bertz CT molecular complexity index is 393. The highest BCUT2D eigenvalue weighted by Crippen LogP contribution is 2.38. The van der Waals surface area contributed by atoms with Crippen molar-refractivity contribution in [1.82, 2.24) is 4.90 Å². The van der Waals surface area contributed by atoms with E-state index in [9.17, 15) is 0 Å². The molecule has 1 nitrogen and oxygen atoms in total. The summed E-state index contributed by atoms with van der Waals surface area (Å²) < 4.78 is 0. The summed E-state index contributed by atoms with van der Waals surface area (Å²) in [5, 5.41) is 0. The van der Waals surface area contributed by atoms with Crippen molar-refractivity contribution in [3.05, 3.63) is 34.4 Å². The number of fused-ring (bicyclic) bond motifs is 2. The third kappa shape index (κ3) is 1.41. The monoisotopic (exact) mass is 201 g/mol. The minimum Gasteiger partial charge on any atom is -0.302 e. The Hall–Kier alpha value is -0.820. The summed E-state index contributed by atoms with van der Waals surface area (Å²) in [7, 11) is 4.40. The molecule has 1 aromatic carbocycles. The molecule has 3 rings (SSSR count). The molecule has 0 heterocycles. The summed E-state index contributed by atoms with van der Waals surface area (Å²) in [5.74, 6) is 0. The fourth-order valence-electron chi connectivity index (χ4n) is 3.20. The molecule has 0 N–H and O–H groups in total. The standard InChI is InChI=1S/C14H19N/c1-15(2)14-7-6-12-8-10-4-3-5-11(10)9-13(12)14/h8-9,14H,3-7H2,1-2H3. The molecule has 80 valence electrons. The Morgan fingerprint density at radius 2 is 1.73 bits per heavy atom. The highest BCUT2D eigenvalue weighted by Gasteiger charge is 2.26. The first-order chi connectivity index (χ1) is 7.25. The average molecular weight is 201 g/mol. The van der Waals surface area contributed by atoms with Crippen LogP contribution in [0.4, 0.5) is 0 Å². The van der Waals surface area contributed by atoms with E-state index in [0.717, 1.165) is 0 Å². The minimum atomic E-state index is 0.672. The van der Waals surface area contributed by atoms with E-state index in [1.54, 1.807) is 22.3 Å². The van der Waals surface area contributed by atoms with Gasteiger partial charge < -0.3 is 4.90 Å². The number of benzene rings is 1. The molecular weight excluding hydrogens is 182 g/mol. The van der Waals surface area contributed by atoms with E-state index in [1.807, 2.05) is 0 Å². The van der Waals surface area contributed by atoms with Crippen molar-refractivity contribution < 1.29 is 0 Å². The lowest BCUT2D eigenvalue weighted by Gasteiger charge is -2.20. The maximum atomic E-state index is 2.50. The third-order valence-electron chi connectivity index (χ3n) is 4.02. The van der Waals surface area contributed by atoms with Crippen molar-refractivity contribution in [1.29, 1.82) is 0 Å². The molecule has 0 saturated carbocycles. The number of rotatable bonds is 1. The lowest BCUT2D eigenvalue weighted by Crippen LogP contribution is -2.17. The second kappa shape index (κ2) is 3.34. The smallest absolute Gasteiger partial charge is 0.0348 e. The Balaban J connectivity index is 2.06. The first-order valence-corrected chi connectivity index (χ1v) is 6.06. The number of hydrogen-bond donors (Lipinski definition) is 0. The normalized spacial score (nSPS) is 23.3. The summed E-state index contributed by atoms with van der Waals surface area (Å²) >= 11 is 0. The first kappa shape index (κ1) is 9.41. The van der Waals surface area contributed by atoms with E-state index in [0.29, 0.717) is 6.04 Å². The van der Waals surface area contributed by atoms with E-state index in [4.69, 9.17) is 0 Å². The van der Waals surface area contributed by atoms with Crippen molar-refractivity contribution in [3.8, 4) is 0 Å². The molecule has 0 saturated heterocycles. The predicted molar refractivity (Wildman–Crippen MR) is 63.2 cm³/mol. The molecule has 1 heteroatoms. The maximum Gasteiger partial charge on any atom is 0.0348 e. The van der Waals surface area contributed by atoms with Gasteiger partial charge in [0.1, 0.15) is 0 Å². The maximum absolute atomic E-state index is 2.50. The van der Waals surface area contributed by atoms with Crippen molar-refractivity contribution in [2.45, 2.75) is 38.1 Å². The van der Waals surface area contributed by atoms with Crippen LogP contribution in [0.2, 0.25) is 0 Å². The van der Waals surface area contributed by atoms with E-state index >= 15 is 0 Å². The van der Waals surface area contributed by atoms with Gasteiger partial charge in [-0.3, -0.25) is 0 Å². The van der Waals surface area contributed by atoms with Gasteiger partial charge in [0.25, 0.3) is 0 Å². The van der Waals surface area contributed by atoms with Crippen LogP contribution in [-0.2, 0) is 19.3 Å². The van der Waals surface area contributed by atoms with E-state index < -0.39 is 0 Å². The molecule has 0 aliphatic heterocycles. The van der Waals surface area contributed by atoms with Crippen LogP contribution in [0, 0.1) is 0 Å². The summed E-state index contributed by atoms with van der Waals surface area (Å²) in [4.78, 5) is 2.37. The van der Waals surface area contributed by atoms with Gasteiger partial charge >= 0.3 is 0 Å². The summed E-state index contributed by atoms with van der Waals surface area (Å²) in [6, 6.07) is 5.65. The van der Waals surface area contributed by atoms with Crippen LogP contribution in [0.3, 0.4) is 0 Å². The zero-order valence-electron chi connectivity index (χ0n) is 9.71. The van der Waals surface area contributed by atoms with Gasteiger partial charge in [-0.15, -0.1) is 0 Å². The molecule has 15 heavy (non-hydrogen) atoms. The highest BCUT2D eigenvalue weighted by molar-refractivity contribution is 5.44. The molecule has 0 radical (unpaired) electrons. The largest absolute Gasteiger partial charge is 0.302 e. The minimum absolute atomic E-state index is 0.672. The Morgan fingerprint density at radius 3 is 2.47 bits per heavy atom. The van der Waals surface area contributed by atoms with Gasteiger partial charge in [-0.25, -0.2) is 0 Å². The van der Waals surface area contributed by atoms with Crippen LogP contribution in [0.15, 0.2) is 12.1 Å². The van der Waals surface area contributed by atoms with E-state index in [1.165, 1.54) is 32.1 Å². The zero-order chi connectivity index (χ0) is 10.4. The molecular formula is C14H19N. The SMILES string of the molecule is CN(C)C1CCc2cc3c(cc21)CCC3. The summed E-state index contributed by atoms with van der Waals surface area (Å²) in [6.07, 6.45) is 6.58. The number of aryl methyl sites for hydroxylation is 3. The molecule has 2 aliphatic carbocycles. The molecule has 1 atom stereocenters. The van der Waals surface area contributed by atoms with Gasteiger partial charge in [-0.2, -0.15) is 0 Å². The number of hydrogen-bond acceptors (Lipinski definition) is 1. The molecule has 0 aromatic heterocycles. The molecule has 2 aliphatic rings. The molecule has 0 bridgehead atoms. The Labute approximate surface area is 92.1 Å². The van der Waals surface area contributed by atoms with Gasteiger partial charge in [-0.1, -0.05) is 12.1 Å². The third-order valence-corrected chi connectivity index (χ3v) is 4.02. The van der Waals surface area contributed by atoms with Crippen LogP contribution >= 0.6 is 0 Å².